The number of hydrogen-bond acceptors (Lipinski definition) is 6. The van der Waals surface area contributed by atoms with Crippen molar-refractivity contribution in [1.82, 2.24) is 24.9 Å². The number of benzene rings is 1. The van der Waals surface area contributed by atoms with Gasteiger partial charge in [0.1, 0.15) is 12.1 Å². The van der Waals surface area contributed by atoms with Crippen LogP contribution in [0.5, 0.6) is 0 Å². The van der Waals surface area contributed by atoms with Crippen LogP contribution in [0.25, 0.3) is 22.3 Å². The third-order valence-electron chi connectivity index (χ3n) is 4.80. The summed E-state index contributed by atoms with van der Waals surface area (Å²) in [4.78, 5) is 21.7. The molecule has 29 heavy (non-hydrogen) atoms. The maximum atomic E-state index is 13.2. The Labute approximate surface area is 168 Å². The van der Waals surface area contributed by atoms with Crippen molar-refractivity contribution in [2.45, 2.75) is 33.7 Å². The van der Waals surface area contributed by atoms with Gasteiger partial charge in [-0.15, -0.1) is 0 Å². The largest absolute Gasteiger partial charge is 0.365 e. The van der Waals surface area contributed by atoms with Gasteiger partial charge in [-0.05, 0) is 49.6 Å². The minimum Gasteiger partial charge on any atom is -0.365 e. The van der Waals surface area contributed by atoms with E-state index in [2.05, 4.69) is 43.2 Å². The number of aryl methyl sites for hydroxylation is 3. The quantitative estimate of drug-likeness (QED) is 0.546. The van der Waals surface area contributed by atoms with Gasteiger partial charge in [-0.25, -0.2) is 24.3 Å². The Morgan fingerprint density at radius 2 is 1.79 bits per heavy atom. The summed E-state index contributed by atoms with van der Waals surface area (Å²) in [7, 11) is 0. The predicted molar refractivity (Wildman–Crippen MR) is 111 cm³/mol. The Bertz CT molecular complexity index is 1170. The molecule has 0 fully saturated rings. The van der Waals surface area contributed by atoms with E-state index in [4.69, 9.17) is 0 Å². The van der Waals surface area contributed by atoms with Gasteiger partial charge in [0.2, 0.25) is 0 Å². The standard InChI is InChI=1S/C22H21FN6/c1-4-19-15(6-5-14(3)29-19)9-24-22-18-8-16(21-25-10-17(23)11-26-21)7-13(2)20(18)27-12-28-22/h5-8,10-12H,4,9H2,1-3H3,(H,24,27,28). The highest BCUT2D eigenvalue weighted by Gasteiger charge is 2.12. The molecule has 0 amide bonds. The van der Waals surface area contributed by atoms with Crippen molar-refractivity contribution in [3.05, 3.63) is 71.3 Å². The van der Waals surface area contributed by atoms with E-state index in [1.54, 1.807) is 6.33 Å². The maximum absolute atomic E-state index is 13.2. The first kappa shape index (κ1) is 18.9. The molecule has 1 aromatic carbocycles. The normalized spacial score (nSPS) is 11.0. The lowest BCUT2D eigenvalue weighted by Crippen LogP contribution is -2.07. The van der Waals surface area contributed by atoms with Gasteiger partial charge in [-0.3, -0.25) is 4.98 Å². The molecule has 0 saturated carbocycles. The van der Waals surface area contributed by atoms with Gasteiger partial charge in [-0.1, -0.05) is 13.0 Å². The molecule has 7 heteroatoms. The van der Waals surface area contributed by atoms with E-state index in [1.807, 2.05) is 32.0 Å². The zero-order valence-electron chi connectivity index (χ0n) is 16.6. The molecule has 0 radical (unpaired) electrons. The van der Waals surface area contributed by atoms with Crippen molar-refractivity contribution in [1.29, 1.82) is 0 Å². The third-order valence-corrected chi connectivity index (χ3v) is 4.80. The van der Waals surface area contributed by atoms with E-state index >= 15 is 0 Å². The summed E-state index contributed by atoms with van der Waals surface area (Å²) in [5.74, 6) is 0.724. The summed E-state index contributed by atoms with van der Waals surface area (Å²) >= 11 is 0. The molecule has 4 rings (SSSR count). The third kappa shape index (κ3) is 3.89. The zero-order chi connectivity index (χ0) is 20.4. The molecular formula is C22H21FN6. The number of halogens is 1. The molecule has 0 unspecified atom stereocenters. The Balaban J connectivity index is 1.72. The highest BCUT2D eigenvalue weighted by Crippen LogP contribution is 2.28. The first-order chi connectivity index (χ1) is 14.0. The molecule has 0 bridgehead atoms. The van der Waals surface area contributed by atoms with Crippen LogP contribution in [-0.2, 0) is 13.0 Å². The van der Waals surface area contributed by atoms with Gasteiger partial charge in [-0.2, -0.15) is 0 Å². The number of nitrogens with one attached hydrogen (secondary N) is 1. The molecule has 0 spiro atoms. The van der Waals surface area contributed by atoms with E-state index in [0.717, 1.165) is 51.2 Å². The number of hydrogen-bond donors (Lipinski definition) is 1. The van der Waals surface area contributed by atoms with E-state index in [0.29, 0.717) is 12.4 Å². The van der Waals surface area contributed by atoms with Gasteiger partial charge in [0.05, 0.1) is 17.9 Å². The minimum absolute atomic E-state index is 0.460. The molecule has 1 N–H and O–H groups in total. The molecule has 3 aromatic heterocycles. The minimum atomic E-state index is -0.463. The molecule has 0 aliphatic rings. The number of nitrogens with zero attached hydrogens (tertiary/aromatic N) is 5. The molecule has 0 aliphatic carbocycles. The summed E-state index contributed by atoms with van der Waals surface area (Å²) in [5, 5.41) is 4.29. The average Bonchev–Trinajstić information content (AvgIpc) is 2.73. The highest BCUT2D eigenvalue weighted by atomic mass is 19.1. The smallest absolute Gasteiger partial charge is 0.159 e. The molecule has 6 nitrogen and oxygen atoms in total. The Morgan fingerprint density at radius 3 is 2.55 bits per heavy atom. The molecule has 0 aliphatic heterocycles. The topological polar surface area (TPSA) is 76.5 Å². The van der Waals surface area contributed by atoms with Crippen LogP contribution in [0.3, 0.4) is 0 Å². The summed E-state index contributed by atoms with van der Waals surface area (Å²) < 4.78 is 13.2. The molecule has 3 heterocycles. The Kier molecular flexibility index (Phi) is 5.12. The van der Waals surface area contributed by atoms with Crippen molar-refractivity contribution in [2.75, 3.05) is 5.32 Å². The second-order valence-electron chi connectivity index (χ2n) is 6.90. The van der Waals surface area contributed by atoms with Gasteiger partial charge >= 0.3 is 0 Å². The van der Waals surface area contributed by atoms with E-state index in [9.17, 15) is 4.39 Å². The van der Waals surface area contributed by atoms with Gasteiger partial charge in [0.15, 0.2) is 11.6 Å². The second-order valence-corrected chi connectivity index (χ2v) is 6.90. The van der Waals surface area contributed by atoms with Crippen LogP contribution >= 0.6 is 0 Å². The number of pyridine rings is 1. The zero-order valence-corrected chi connectivity index (χ0v) is 16.6. The average molecular weight is 388 g/mol. The molecule has 0 saturated heterocycles. The van der Waals surface area contributed by atoms with Gasteiger partial charge in [0, 0.05) is 28.9 Å². The van der Waals surface area contributed by atoms with E-state index in [-0.39, 0.29) is 0 Å². The summed E-state index contributed by atoms with van der Waals surface area (Å²) in [6.07, 6.45) is 4.76. The number of aromatic nitrogens is 5. The Morgan fingerprint density at radius 1 is 1.00 bits per heavy atom. The second kappa shape index (κ2) is 7.87. The molecule has 0 atom stereocenters. The van der Waals surface area contributed by atoms with Crippen LogP contribution < -0.4 is 5.32 Å². The number of rotatable bonds is 5. The van der Waals surface area contributed by atoms with Crippen LogP contribution in [0.2, 0.25) is 0 Å². The van der Waals surface area contributed by atoms with E-state index < -0.39 is 5.82 Å². The molecule has 4 aromatic rings. The first-order valence-electron chi connectivity index (χ1n) is 9.47. The van der Waals surface area contributed by atoms with Crippen LogP contribution in [0.15, 0.2) is 43.0 Å². The summed E-state index contributed by atoms with van der Waals surface area (Å²) in [6.45, 7) is 6.68. The fourth-order valence-corrected chi connectivity index (χ4v) is 3.36. The highest BCUT2D eigenvalue weighted by molar-refractivity contribution is 5.94. The fourth-order valence-electron chi connectivity index (χ4n) is 3.36. The maximum Gasteiger partial charge on any atom is 0.159 e. The number of anilines is 1. The fraction of sp³-hybridized carbons (Fsp3) is 0.227. The van der Waals surface area contributed by atoms with Crippen molar-refractivity contribution < 1.29 is 4.39 Å². The van der Waals surface area contributed by atoms with Crippen molar-refractivity contribution >= 4 is 16.7 Å². The van der Waals surface area contributed by atoms with Crippen LogP contribution in [0.1, 0.15) is 29.4 Å². The summed E-state index contributed by atoms with van der Waals surface area (Å²) in [5.41, 5.74) is 5.84. The Hall–Kier alpha value is -3.48. The summed E-state index contributed by atoms with van der Waals surface area (Å²) in [6, 6.07) is 8.00. The van der Waals surface area contributed by atoms with Gasteiger partial charge in [0.25, 0.3) is 0 Å². The lowest BCUT2D eigenvalue weighted by molar-refractivity contribution is 0.614. The molecular weight excluding hydrogens is 367 g/mol. The lowest BCUT2D eigenvalue weighted by atomic mass is 10.1. The number of fused-ring (bicyclic) bond motifs is 1. The first-order valence-corrected chi connectivity index (χ1v) is 9.47. The lowest BCUT2D eigenvalue weighted by Gasteiger charge is -2.13. The van der Waals surface area contributed by atoms with Crippen molar-refractivity contribution in [2.24, 2.45) is 0 Å². The van der Waals surface area contributed by atoms with Gasteiger partial charge < -0.3 is 5.32 Å². The van der Waals surface area contributed by atoms with Crippen LogP contribution in [0.4, 0.5) is 10.2 Å². The SMILES string of the molecule is CCc1nc(C)ccc1CNc1ncnc2c(C)cc(-c3ncc(F)cn3)cc12. The van der Waals surface area contributed by atoms with Crippen LogP contribution in [-0.4, -0.2) is 24.9 Å². The predicted octanol–water partition coefficient (Wildman–Crippen LogP) is 4.41. The van der Waals surface area contributed by atoms with Crippen molar-refractivity contribution in [3.63, 3.8) is 0 Å². The molecule has 146 valence electrons. The monoisotopic (exact) mass is 388 g/mol. The van der Waals surface area contributed by atoms with Crippen LogP contribution in [0, 0.1) is 19.7 Å². The van der Waals surface area contributed by atoms with Crippen molar-refractivity contribution in [3.8, 4) is 11.4 Å². The van der Waals surface area contributed by atoms with E-state index in [1.165, 1.54) is 12.4 Å².